The lowest BCUT2D eigenvalue weighted by atomic mass is 9.97. The van der Waals surface area contributed by atoms with Gasteiger partial charge in [0.2, 0.25) is 0 Å². The third-order valence-corrected chi connectivity index (χ3v) is 4.61. The van der Waals surface area contributed by atoms with Gasteiger partial charge in [0.25, 0.3) is 0 Å². The van der Waals surface area contributed by atoms with Crippen LogP contribution in [0.15, 0.2) is 0 Å². The van der Waals surface area contributed by atoms with Crippen molar-refractivity contribution >= 4 is 10.4 Å². The van der Waals surface area contributed by atoms with Gasteiger partial charge in [-0.2, -0.15) is 8.42 Å². The Balaban J connectivity index is 2.12. The first-order chi connectivity index (χ1) is 12.5. The molecule has 0 radical (unpaired) electrons. The number of aliphatic hydroxyl groups is 7. The van der Waals surface area contributed by atoms with Crippen LogP contribution in [0.3, 0.4) is 0 Å². The molecule has 0 spiro atoms. The van der Waals surface area contributed by atoms with Crippen molar-refractivity contribution in [3.8, 4) is 0 Å². The third-order valence-electron chi connectivity index (χ3n) is 4.18. The smallest absolute Gasteiger partial charge is 0.394 e. The van der Waals surface area contributed by atoms with Crippen LogP contribution < -0.4 is 0 Å². The van der Waals surface area contributed by atoms with E-state index < -0.39 is 85.0 Å². The summed E-state index contributed by atoms with van der Waals surface area (Å²) >= 11 is 0. The van der Waals surface area contributed by atoms with Gasteiger partial charge in [0.1, 0.15) is 48.8 Å². The molecule has 0 bridgehead atoms. The van der Waals surface area contributed by atoms with E-state index >= 15 is 0 Å². The third kappa shape index (κ3) is 5.30. The zero-order chi connectivity index (χ0) is 20.5. The predicted octanol–water partition coefficient (Wildman–Crippen LogP) is -5.57. The first kappa shape index (κ1) is 22.8. The van der Waals surface area contributed by atoms with Crippen LogP contribution in [0.1, 0.15) is 0 Å². The molecule has 8 N–H and O–H groups in total. The molecule has 14 nitrogen and oxygen atoms in total. The van der Waals surface area contributed by atoms with E-state index in [-0.39, 0.29) is 0 Å². The van der Waals surface area contributed by atoms with Crippen LogP contribution in [0, 0.1) is 0 Å². The van der Waals surface area contributed by atoms with E-state index in [9.17, 15) is 44.2 Å². The highest BCUT2D eigenvalue weighted by Crippen LogP contribution is 2.28. The summed E-state index contributed by atoms with van der Waals surface area (Å²) in [5, 5.41) is 68.1. The number of hydrogen-bond donors (Lipinski definition) is 8. The Labute approximate surface area is 153 Å². The van der Waals surface area contributed by atoms with Gasteiger partial charge in [-0.05, 0) is 0 Å². The highest BCUT2D eigenvalue weighted by atomic mass is 32.3. The molecule has 0 saturated carbocycles. The maximum Gasteiger partial charge on any atom is 0.397 e. The summed E-state index contributed by atoms with van der Waals surface area (Å²) in [5.74, 6) is 0. The molecule has 15 heteroatoms. The Kier molecular flexibility index (Phi) is 7.47. The van der Waals surface area contributed by atoms with Gasteiger partial charge in [-0.15, -0.1) is 0 Å². The Morgan fingerprint density at radius 2 is 1.44 bits per heavy atom. The van der Waals surface area contributed by atoms with Crippen molar-refractivity contribution in [2.75, 3.05) is 13.2 Å². The summed E-state index contributed by atoms with van der Waals surface area (Å²) in [6.07, 6.45) is -17.3. The van der Waals surface area contributed by atoms with E-state index in [1.165, 1.54) is 0 Å². The maximum absolute atomic E-state index is 10.6. The minimum atomic E-state index is -4.89. The highest BCUT2D eigenvalue weighted by Gasteiger charge is 2.50. The lowest BCUT2D eigenvalue weighted by Gasteiger charge is -2.45. The molecule has 27 heavy (non-hydrogen) atoms. The number of hydrogen-bond acceptors (Lipinski definition) is 13. The second-order valence-electron chi connectivity index (χ2n) is 6.06. The summed E-state index contributed by atoms with van der Waals surface area (Å²) in [5.41, 5.74) is 0. The van der Waals surface area contributed by atoms with Crippen LogP contribution >= 0.6 is 0 Å². The molecule has 0 amide bonds. The summed E-state index contributed by atoms with van der Waals surface area (Å²) in [4.78, 5) is 0. The quantitative estimate of drug-likeness (QED) is 0.186. The fraction of sp³-hybridized carbons (Fsp3) is 1.00. The van der Waals surface area contributed by atoms with Crippen molar-refractivity contribution in [3.05, 3.63) is 0 Å². The highest BCUT2D eigenvalue weighted by molar-refractivity contribution is 7.80. The molecule has 0 aliphatic carbocycles. The molecule has 160 valence electrons. The lowest BCUT2D eigenvalue weighted by molar-refractivity contribution is -0.354. The van der Waals surface area contributed by atoms with Gasteiger partial charge >= 0.3 is 10.4 Å². The molecule has 2 aliphatic heterocycles. The van der Waals surface area contributed by atoms with Gasteiger partial charge in [-0.3, -0.25) is 4.55 Å². The van der Waals surface area contributed by atoms with Gasteiger partial charge in [0.15, 0.2) is 12.6 Å². The molecule has 2 saturated heterocycles. The molecule has 2 rings (SSSR count). The summed E-state index contributed by atoms with van der Waals surface area (Å²) in [6, 6.07) is 0. The Hall–Kier alpha value is -0.530. The Morgan fingerprint density at radius 3 is 2.00 bits per heavy atom. The lowest BCUT2D eigenvalue weighted by Crippen LogP contribution is -2.64. The normalized spacial score (nSPS) is 46.4. The second kappa shape index (κ2) is 8.87. The number of ether oxygens (including phenoxy) is 3. The largest absolute Gasteiger partial charge is 0.397 e. The molecular formula is C12H22O14S. The minimum absolute atomic E-state index is 0.769. The van der Waals surface area contributed by atoms with Crippen molar-refractivity contribution in [3.63, 3.8) is 0 Å². The fourth-order valence-corrected chi connectivity index (χ4v) is 3.02. The Morgan fingerprint density at radius 1 is 0.815 bits per heavy atom. The van der Waals surface area contributed by atoms with Crippen LogP contribution in [0.2, 0.25) is 0 Å². The van der Waals surface area contributed by atoms with Gasteiger partial charge in [0.05, 0.1) is 13.2 Å². The van der Waals surface area contributed by atoms with Gasteiger partial charge in [0, 0.05) is 0 Å². The van der Waals surface area contributed by atoms with Crippen LogP contribution in [-0.2, 0) is 28.8 Å². The number of aliphatic hydroxyl groups excluding tert-OH is 7. The molecule has 2 fully saturated rings. The SMILES string of the molecule is O=S(=O)(O)OC[C@H]1O[C@@H](O[C@H]2[C@H](O)[C@@H](O)[C@@H](O)O[C@@H]2CO)[C@H](O)[C@@H](O)[C@H]1O. The van der Waals surface area contributed by atoms with Crippen LogP contribution in [0.5, 0.6) is 0 Å². The van der Waals surface area contributed by atoms with Crippen LogP contribution in [0.25, 0.3) is 0 Å². The first-order valence-corrected chi connectivity index (χ1v) is 9.10. The first-order valence-electron chi connectivity index (χ1n) is 7.73. The molecule has 0 aromatic heterocycles. The van der Waals surface area contributed by atoms with Crippen molar-refractivity contribution < 1.29 is 67.1 Å². The standard InChI is InChI=1S/C12H22O14S/c13-1-3-10(7(16)8(17)11(19)24-3)26-12-9(18)6(15)5(14)4(25-12)2-23-27(20,21)22/h3-19H,1-2H2,(H,20,21,22)/t3-,4-,5+,6+,7-,8-,9-,10-,11+,12+/m1/s1. The van der Waals surface area contributed by atoms with E-state index in [2.05, 4.69) is 4.18 Å². The van der Waals surface area contributed by atoms with Crippen LogP contribution in [-0.4, -0.2) is 123 Å². The van der Waals surface area contributed by atoms with Gasteiger partial charge < -0.3 is 50.0 Å². The van der Waals surface area contributed by atoms with E-state index in [1.54, 1.807) is 0 Å². The average molecular weight is 422 g/mol. The molecule has 0 unspecified atom stereocenters. The van der Waals surface area contributed by atoms with E-state index in [1.807, 2.05) is 0 Å². The van der Waals surface area contributed by atoms with E-state index in [4.69, 9.17) is 18.8 Å². The Bertz CT molecular complexity index is 583. The minimum Gasteiger partial charge on any atom is -0.394 e. The summed E-state index contributed by atoms with van der Waals surface area (Å²) in [6.45, 7) is -1.72. The van der Waals surface area contributed by atoms with Crippen molar-refractivity contribution in [1.82, 2.24) is 0 Å². The monoisotopic (exact) mass is 422 g/mol. The molecule has 0 aromatic rings. The van der Waals surface area contributed by atoms with Gasteiger partial charge in [-0.25, -0.2) is 4.18 Å². The second-order valence-corrected chi connectivity index (χ2v) is 7.15. The molecule has 0 aromatic carbocycles. The molecule has 2 aliphatic rings. The van der Waals surface area contributed by atoms with Crippen molar-refractivity contribution in [2.45, 2.75) is 61.4 Å². The van der Waals surface area contributed by atoms with E-state index in [0.29, 0.717) is 0 Å². The topological polar surface area (TPSA) is 233 Å². The van der Waals surface area contributed by atoms with Gasteiger partial charge in [-0.1, -0.05) is 0 Å². The fourth-order valence-electron chi connectivity index (χ4n) is 2.71. The van der Waals surface area contributed by atoms with E-state index in [0.717, 1.165) is 0 Å². The zero-order valence-electron chi connectivity index (χ0n) is 13.6. The maximum atomic E-state index is 10.6. The molecular weight excluding hydrogens is 400 g/mol. The average Bonchev–Trinajstić information content (AvgIpc) is 2.60. The van der Waals surface area contributed by atoms with Crippen molar-refractivity contribution in [1.29, 1.82) is 0 Å². The van der Waals surface area contributed by atoms with Crippen LogP contribution in [0.4, 0.5) is 0 Å². The molecule has 2 heterocycles. The summed E-state index contributed by atoms with van der Waals surface area (Å²) < 4.78 is 49.1. The predicted molar refractivity (Wildman–Crippen MR) is 79.0 cm³/mol. The van der Waals surface area contributed by atoms with Crippen molar-refractivity contribution in [2.24, 2.45) is 0 Å². The number of rotatable bonds is 6. The zero-order valence-corrected chi connectivity index (χ0v) is 14.4. The molecule has 10 atom stereocenters. The summed E-state index contributed by atoms with van der Waals surface area (Å²) in [7, 11) is -4.89.